The summed E-state index contributed by atoms with van der Waals surface area (Å²) in [6, 6.07) is 21.9. The molecule has 208 valence electrons. The highest BCUT2D eigenvalue weighted by Gasteiger charge is 2.46. The fraction of sp³-hybridized carbons (Fsp3) is 0.242. The molecule has 1 amide bonds. The van der Waals surface area contributed by atoms with Crippen LogP contribution in [0, 0.1) is 0 Å². The van der Waals surface area contributed by atoms with Crippen molar-refractivity contribution in [3.05, 3.63) is 119 Å². The van der Waals surface area contributed by atoms with Crippen LogP contribution in [0.5, 0.6) is 11.5 Å². The van der Waals surface area contributed by atoms with Crippen molar-refractivity contribution in [2.45, 2.75) is 45.1 Å². The average Bonchev–Trinajstić information content (AvgIpc) is 3.70. The lowest BCUT2D eigenvalue weighted by molar-refractivity contribution is -0.139. The van der Waals surface area contributed by atoms with Gasteiger partial charge in [-0.3, -0.25) is 9.59 Å². The summed E-state index contributed by atoms with van der Waals surface area (Å²) in [5, 5.41) is 11.5. The minimum atomic E-state index is -0.763. The molecule has 2 aliphatic heterocycles. The first-order valence-electron chi connectivity index (χ1n) is 13.8. The number of amides is 1. The summed E-state index contributed by atoms with van der Waals surface area (Å²) < 4.78 is 13.8. The molecule has 2 aliphatic rings. The van der Waals surface area contributed by atoms with E-state index in [1.165, 1.54) is 0 Å². The molecule has 3 aromatic carbocycles. The fourth-order valence-electron chi connectivity index (χ4n) is 5.54. The lowest BCUT2D eigenvalue weighted by Crippen LogP contribution is -2.31. The molecule has 0 spiro atoms. The number of likely N-dealkylation sites (tertiary alicyclic amines) is 1. The van der Waals surface area contributed by atoms with E-state index in [4.69, 9.17) is 9.47 Å². The van der Waals surface area contributed by atoms with Gasteiger partial charge in [0.25, 0.3) is 11.7 Å². The summed E-state index contributed by atoms with van der Waals surface area (Å²) in [5.41, 5.74) is 3.24. The van der Waals surface area contributed by atoms with Crippen LogP contribution in [0.4, 0.5) is 0 Å². The zero-order valence-corrected chi connectivity index (χ0v) is 22.8. The first-order chi connectivity index (χ1) is 20.0. The Labute approximate surface area is 238 Å². The van der Waals surface area contributed by atoms with Crippen molar-refractivity contribution < 1.29 is 24.2 Å². The topological polar surface area (TPSA) is 93.9 Å². The molecule has 0 saturated carbocycles. The highest BCUT2D eigenvalue weighted by Crippen LogP contribution is 2.41. The van der Waals surface area contributed by atoms with Gasteiger partial charge >= 0.3 is 0 Å². The zero-order chi connectivity index (χ0) is 28.3. The number of fused-ring (bicyclic) bond motifs is 1. The number of Topliss-reactive ketones (excluding diaryl/α,β-unsaturated/α-hetero) is 1. The van der Waals surface area contributed by atoms with Gasteiger partial charge in [-0.15, -0.1) is 0 Å². The first kappa shape index (κ1) is 26.4. The summed E-state index contributed by atoms with van der Waals surface area (Å²) in [4.78, 5) is 32.6. The molecule has 6 rings (SSSR count). The predicted octanol–water partition coefficient (Wildman–Crippen LogP) is 5.30. The van der Waals surface area contributed by atoms with Gasteiger partial charge < -0.3 is 24.0 Å². The Morgan fingerprint density at radius 3 is 2.71 bits per heavy atom. The maximum atomic E-state index is 13.5. The second-order valence-corrected chi connectivity index (χ2v) is 10.4. The number of aliphatic hydroxyl groups is 1. The Morgan fingerprint density at radius 2 is 1.90 bits per heavy atom. The van der Waals surface area contributed by atoms with E-state index in [9.17, 15) is 14.7 Å². The van der Waals surface area contributed by atoms with Crippen LogP contribution in [0.2, 0.25) is 0 Å². The van der Waals surface area contributed by atoms with E-state index in [1.807, 2.05) is 84.4 Å². The molecule has 1 aromatic heterocycles. The van der Waals surface area contributed by atoms with E-state index in [-0.39, 0.29) is 17.4 Å². The van der Waals surface area contributed by atoms with Gasteiger partial charge in [0.2, 0.25) is 0 Å². The minimum Gasteiger partial charge on any atom is -0.507 e. The van der Waals surface area contributed by atoms with Crippen molar-refractivity contribution in [3.63, 3.8) is 0 Å². The third-order valence-corrected chi connectivity index (χ3v) is 7.51. The number of ketones is 1. The second-order valence-electron chi connectivity index (χ2n) is 10.4. The van der Waals surface area contributed by atoms with Gasteiger partial charge in [-0.2, -0.15) is 0 Å². The summed E-state index contributed by atoms with van der Waals surface area (Å²) in [7, 11) is 0. The van der Waals surface area contributed by atoms with Crippen LogP contribution in [-0.2, 0) is 29.2 Å². The second kappa shape index (κ2) is 11.3. The number of carbonyl (C=O) groups excluding carboxylic acids is 2. The standard InChI is InChI=1S/C33H31N3O5/c1-22-17-26-18-25(11-12-28(26)41-22)31(37)29-30(36(33(39)32(29)38)15-6-14-35-16-13-34-21-35)24-9-5-10-27(19-24)40-20-23-7-3-2-4-8-23/h2-5,7-13,16,18-19,21-22,30,37H,6,14-15,17,20H2,1H3/t22-,30-/m1/s1. The highest BCUT2D eigenvalue weighted by atomic mass is 16.5. The molecule has 1 N–H and O–H groups in total. The first-order valence-corrected chi connectivity index (χ1v) is 13.8. The van der Waals surface area contributed by atoms with Crippen LogP contribution in [0.25, 0.3) is 5.76 Å². The van der Waals surface area contributed by atoms with Gasteiger partial charge in [-0.1, -0.05) is 42.5 Å². The van der Waals surface area contributed by atoms with Crippen LogP contribution in [0.15, 0.2) is 97.1 Å². The highest BCUT2D eigenvalue weighted by molar-refractivity contribution is 6.46. The Morgan fingerprint density at radius 1 is 1.05 bits per heavy atom. The van der Waals surface area contributed by atoms with Crippen molar-refractivity contribution in [2.75, 3.05) is 6.54 Å². The number of hydrogen-bond donors (Lipinski definition) is 1. The molecule has 0 radical (unpaired) electrons. The maximum Gasteiger partial charge on any atom is 0.295 e. The summed E-state index contributed by atoms with van der Waals surface area (Å²) in [6.45, 7) is 3.33. The molecule has 8 nitrogen and oxygen atoms in total. The number of benzene rings is 3. The molecule has 3 heterocycles. The van der Waals surface area contributed by atoms with Gasteiger partial charge in [0, 0.05) is 37.5 Å². The van der Waals surface area contributed by atoms with Gasteiger partial charge in [-0.05, 0) is 60.4 Å². The SMILES string of the molecule is C[C@@H]1Cc2cc(C(O)=C3C(=O)C(=O)N(CCCn4ccnc4)[C@@H]3c3cccc(OCc4ccccc4)c3)ccc2O1. The largest absolute Gasteiger partial charge is 0.507 e. The summed E-state index contributed by atoms with van der Waals surface area (Å²) in [5.74, 6) is -0.136. The third kappa shape index (κ3) is 5.45. The Bertz CT molecular complexity index is 1600. The Hall–Kier alpha value is -4.85. The van der Waals surface area contributed by atoms with Crippen LogP contribution in [0.3, 0.4) is 0 Å². The van der Waals surface area contributed by atoms with Crippen molar-refractivity contribution >= 4 is 17.4 Å². The molecule has 1 fully saturated rings. The number of aromatic nitrogens is 2. The monoisotopic (exact) mass is 549 g/mol. The number of rotatable bonds is 9. The summed E-state index contributed by atoms with van der Waals surface area (Å²) >= 11 is 0. The molecule has 1 saturated heterocycles. The Kier molecular flexibility index (Phi) is 7.29. The van der Waals surface area contributed by atoms with Crippen LogP contribution in [-0.4, -0.2) is 43.9 Å². The van der Waals surface area contributed by atoms with E-state index in [0.29, 0.717) is 49.4 Å². The molecule has 0 aliphatic carbocycles. The number of nitrogens with zero attached hydrogens (tertiary/aromatic N) is 3. The van der Waals surface area contributed by atoms with Crippen LogP contribution in [0.1, 0.15) is 41.6 Å². The maximum absolute atomic E-state index is 13.5. The lowest BCUT2D eigenvalue weighted by atomic mass is 9.94. The molecular formula is C33H31N3O5. The van der Waals surface area contributed by atoms with E-state index in [0.717, 1.165) is 16.9 Å². The minimum absolute atomic E-state index is 0.0436. The number of ether oxygens (including phenoxy) is 2. The van der Waals surface area contributed by atoms with E-state index < -0.39 is 17.7 Å². The van der Waals surface area contributed by atoms with E-state index >= 15 is 0 Å². The molecule has 41 heavy (non-hydrogen) atoms. The van der Waals surface area contributed by atoms with Gasteiger partial charge in [0.1, 0.15) is 30.0 Å². The van der Waals surface area contributed by atoms with Crippen molar-refractivity contribution in [3.8, 4) is 11.5 Å². The smallest absolute Gasteiger partial charge is 0.295 e. The quantitative estimate of drug-likeness (QED) is 0.173. The number of aliphatic hydroxyl groups excluding tert-OH is 1. The van der Waals surface area contributed by atoms with E-state index in [1.54, 1.807) is 23.5 Å². The number of hydrogen-bond acceptors (Lipinski definition) is 6. The van der Waals surface area contributed by atoms with Gasteiger partial charge in [0.05, 0.1) is 17.9 Å². The normalized spacial score (nSPS) is 19.3. The molecular weight excluding hydrogens is 518 g/mol. The third-order valence-electron chi connectivity index (χ3n) is 7.51. The van der Waals surface area contributed by atoms with Crippen LogP contribution < -0.4 is 9.47 Å². The number of imidazole rings is 1. The number of aryl methyl sites for hydroxylation is 1. The molecule has 0 bridgehead atoms. The van der Waals surface area contributed by atoms with E-state index in [2.05, 4.69) is 4.98 Å². The van der Waals surface area contributed by atoms with Crippen molar-refractivity contribution in [1.29, 1.82) is 0 Å². The Balaban J connectivity index is 1.35. The number of carbonyl (C=O) groups is 2. The zero-order valence-electron chi connectivity index (χ0n) is 22.8. The fourth-order valence-corrected chi connectivity index (χ4v) is 5.54. The molecule has 2 atom stereocenters. The molecule has 0 unspecified atom stereocenters. The predicted molar refractivity (Wildman–Crippen MR) is 153 cm³/mol. The molecule has 8 heteroatoms. The van der Waals surface area contributed by atoms with Crippen molar-refractivity contribution in [1.82, 2.24) is 14.5 Å². The van der Waals surface area contributed by atoms with Crippen LogP contribution >= 0.6 is 0 Å². The van der Waals surface area contributed by atoms with Gasteiger partial charge in [0.15, 0.2) is 0 Å². The lowest BCUT2D eigenvalue weighted by Gasteiger charge is -2.26. The van der Waals surface area contributed by atoms with Gasteiger partial charge in [-0.25, -0.2) is 4.98 Å². The molecule has 4 aromatic rings. The van der Waals surface area contributed by atoms with Crippen molar-refractivity contribution in [2.24, 2.45) is 0 Å². The average molecular weight is 550 g/mol. The summed E-state index contributed by atoms with van der Waals surface area (Å²) in [6.07, 6.45) is 6.65.